The first-order chi connectivity index (χ1) is 11.2. The molecular weight excluding hydrogens is 331 g/mol. The Morgan fingerprint density at radius 3 is 2.58 bits per heavy atom. The summed E-state index contributed by atoms with van der Waals surface area (Å²) in [7, 11) is 0. The summed E-state index contributed by atoms with van der Waals surface area (Å²) in [6.07, 6.45) is 5.08. The summed E-state index contributed by atoms with van der Waals surface area (Å²) < 4.78 is 18.8. The van der Waals surface area contributed by atoms with Crippen molar-refractivity contribution in [2.75, 3.05) is 26.2 Å². The molecule has 4 nitrogen and oxygen atoms in total. The largest absolute Gasteiger partial charge is 0.490 e. The van der Waals surface area contributed by atoms with Crippen LogP contribution in [0.4, 0.5) is 4.39 Å². The van der Waals surface area contributed by atoms with E-state index in [4.69, 9.17) is 4.74 Å². The van der Waals surface area contributed by atoms with E-state index in [1.165, 1.54) is 18.9 Å². The van der Waals surface area contributed by atoms with Gasteiger partial charge in [0.05, 0.1) is 13.0 Å². The van der Waals surface area contributed by atoms with Crippen LogP contribution in [-0.2, 0) is 4.79 Å². The molecule has 134 valence electrons. The van der Waals surface area contributed by atoms with Crippen molar-refractivity contribution in [3.63, 3.8) is 0 Å². The molecule has 0 unspecified atom stereocenters. The SMILES string of the molecule is Cl.O=C(CCOc1ccccc1F)N1CCC(NCC2CC2)CC1. The van der Waals surface area contributed by atoms with Crippen LogP contribution in [0.3, 0.4) is 0 Å². The van der Waals surface area contributed by atoms with E-state index in [2.05, 4.69) is 5.32 Å². The van der Waals surface area contributed by atoms with Crippen LogP contribution < -0.4 is 10.1 Å². The number of rotatable bonds is 7. The number of amides is 1. The van der Waals surface area contributed by atoms with Crippen LogP contribution in [0.25, 0.3) is 0 Å². The molecule has 1 N–H and O–H groups in total. The van der Waals surface area contributed by atoms with Crippen molar-refractivity contribution in [3.05, 3.63) is 30.1 Å². The van der Waals surface area contributed by atoms with Gasteiger partial charge in [-0.2, -0.15) is 0 Å². The molecule has 0 spiro atoms. The summed E-state index contributed by atoms with van der Waals surface area (Å²) in [6, 6.07) is 6.83. The lowest BCUT2D eigenvalue weighted by atomic mass is 10.0. The van der Waals surface area contributed by atoms with Gasteiger partial charge in [0.15, 0.2) is 11.6 Å². The number of hydrogen-bond donors (Lipinski definition) is 1. The average Bonchev–Trinajstić information content (AvgIpc) is 3.39. The maximum Gasteiger partial charge on any atom is 0.225 e. The second-order valence-electron chi connectivity index (χ2n) is 6.54. The average molecular weight is 357 g/mol. The highest BCUT2D eigenvalue weighted by atomic mass is 35.5. The Hall–Kier alpha value is -1.33. The first-order valence-electron chi connectivity index (χ1n) is 8.61. The molecule has 1 saturated heterocycles. The van der Waals surface area contributed by atoms with Crippen LogP contribution in [0.1, 0.15) is 32.1 Å². The van der Waals surface area contributed by atoms with Gasteiger partial charge in [0.1, 0.15) is 0 Å². The van der Waals surface area contributed by atoms with E-state index in [-0.39, 0.29) is 36.5 Å². The maximum atomic E-state index is 13.4. The predicted molar refractivity (Wildman–Crippen MR) is 94.1 cm³/mol. The Morgan fingerprint density at radius 1 is 1.21 bits per heavy atom. The molecule has 1 amide bonds. The van der Waals surface area contributed by atoms with Crippen LogP contribution >= 0.6 is 12.4 Å². The number of halogens is 2. The van der Waals surface area contributed by atoms with Crippen molar-refractivity contribution in [2.24, 2.45) is 5.92 Å². The van der Waals surface area contributed by atoms with Gasteiger partial charge in [-0.3, -0.25) is 4.79 Å². The number of hydrogen-bond acceptors (Lipinski definition) is 3. The van der Waals surface area contributed by atoms with E-state index in [9.17, 15) is 9.18 Å². The monoisotopic (exact) mass is 356 g/mol. The van der Waals surface area contributed by atoms with Crippen LogP contribution in [0.2, 0.25) is 0 Å². The fourth-order valence-electron chi connectivity index (χ4n) is 2.96. The number of para-hydroxylation sites is 1. The zero-order valence-corrected chi connectivity index (χ0v) is 14.7. The standard InChI is InChI=1S/C18H25FN2O2.ClH/c19-16-3-1-2-4-17(16)23-12-9-18(22)21-10-7-15(8-11-21)20-13-14-5-6-14;/h1-4,14-15,20H,5-13H2;1H. The summed E-state index contributed by atoms with van der Waals surface area (Å²) >= 11 is 0. The summed E-state index contributed by atoms with van der Waals surface area (Å²) in [4.78, 5) is 14.1. The number of likely N-dealkylation sites (tertiary alicyclic amines) is 1. The topological polar surface area (TPSA) is 41.6 Å². The van der Waals surface area contributed by atoms with Gasteiger partial charge in [-0.15, -0.1) is 12.4 Å². The number of carbonyl (C=O) groups excluding carboxylic acids is 1. The lowest BCUT2D eigenvalue weighted by Crippen LogP contribution is -2.45. The number of piperidine rings is 1. The predicted octanol–water partition coefficient (Wildman–Crippen LogP) is 3.01. The molecule has 2 fully saturated rings. The van der Waals surface area contributed by atoms with E-state index in [1.807, 2.05) is 4.90 Å². The Labute approximate surface area is 149 Å². The molecule has 0 aromatic heterocycles. The molecule has 1 aliphatic heterocycles. The number of ether oxygens (including phenoxy) is 1. The van der Waals surface area contributed by atoms with E-state index >= 15 is 0 Å². The molecule has 0 atom stereocenters. The summed E-state index contributed by atoms with van der Waals surface area (Å²) in [5.41, 5.74) is 0. The molecule has 1 aliphatic carbocycles. The van der Waals surface area contributed by atoms with Crippen molar-refractivity contribution in [1.82, 2.24) is 10.2 Å². The summed E-state index contributed by atoms with van der Waals surface area (Å²) in [5, 5.41) is 3.61. The highest BCUT2D eigenvalue weighted by Gasteiger charge is 2.25. The minimum atomic E-state index is -0.387. The zero-order valence-electron chi connectivity index (χ0n) is 13.9. The van der Waals surface area contributed by atoms with Crippen molar-refractivity contribution in [2.45, 2.75) is 38.1 Å². The number of nitrogens with zero attached hydrogens (tertiary/aromatic N) is 1. The van der Waals surface area contributed by atoms with Gasteiger partial charge >= 0.3 is 0 Å². The normalized spacial score (nSPS) is 18.1. The number of benzene rings is 1. The summed E-state index contributed by atoms with van der Waals surface area (Å²) in [6.45, 7) is 2.97. The van der Waals surface area contributed by atoms with Crippen molar-refractivity contribution in [1.29, 1.82) is 0 Å². The van der Waals surface area contributed by atoms with Gasteiger partial charge in [0.2, 0.25) is 5.91 Å². The molecule has 0 bridgehead atoms. The van der Waals surface area contributed by atoms with E-state index in [0.29, 0.717) is 12.5 Å². The Balaban J connectivity index is 0.00000208. The smallest absolute Gasteiger partial charge is 0.225 e. The second kappa shape index (κ2) is 9.23. The Morgan fingerprint density at radius 2 is 1.92 bits per heavy atom. The van der Waals surface area contributed by atoms with Gasteiger partial charge in [-0.1, -0.05) is 12.1 Å². The van der Waals surface area contributed by atoms with Crippen molar-refractivity contribution >= 4 is 18.3 Å². The molecule has 2 aliphatic rings. The van der Waals surface area contributed by atoms with Crippen LogP contribution in [0.5, 0.6) is 5.75 Å². The fourth-order valence-corrected chi connectivity index (χ4v) is 2.96. The van der Waals surface area contributed by atoms with Crippen LogP contribution in [0.15, 0.2) is 24.3 Å². The Bertz CT molecular complexity index is 532. The highest BCUT2D eigenvalue weighted by Crippen LogP contribution is 2.28. The van der Waals surface area contributed by atoms with Crippen LogP contribution in [-0.4, -0.2) is 43.1 Å². The minimum absolute atomic E-state index is 0. The minimum Gasteiger partial charge on any atom is -0.490 e. The second-order valence-corrected chi connectivity index (χ2v) is 6.54. The third kappa shape index (κ3) is 5.64. The molecule has 6 heteroatoms. The highest BCUT2D eigenvalue weighted by molar-refractivity contribution is 5.85. The first kappa shape index (κ1) is 19.0. The first-order valence-corrected chi connectivity index (χ1v) is 8.61. The van der Waals surface area contributed by atoms with Gasteiger partial charge in [-0.05, 0) is 50.3 Å². The van der Waals surface area contributed by atoms with Crippen LogP contribution in [0, 0.1) is 11.7 Å². The van der Waals surface area contributed by atoms with Gasteiger partial charge in [-0.25, -0.2) is 4.39 Å². The zero-order chi connectivity index (χ0) is 16.1. The molecular formula is C18H26ClFN2O2. The Kier molecular flexibility index (Phi) is 7.31. The van der Waals surface area contributed by atoms with Gasteiger partial charge < -0.3 is 15.0 Å². The van der Waals surface area contributed by atoms with Gasteiger partial charge in [0, 0.05) is 19.1 Å². The maximum absolute atomic E-state index is 13.4. The van der Waals surface area contributed by atoms with Crippen molar-refractivity contribution < 1.29 is 13.9 Å². The third-order valence-corrected chi connectivity index (χ3v) is 4.65. The lowest BCUT2D eigenvalue weighted by molar-refractivity contribution is -0.132. The van der Waals surface area contributed by atoms with Gasteiger partial charge in [0.25, 0.3) is 0 Å². The third-order valence-electron chi connectivity index (χ3n) is 4.65. The fraction of sp³-hybridized carbons (Fsp3) is 0.611. The molecule has 24 heavy (non-hydrogen) atoms. The quantitative estimate of drug-likeness (QED) is 0.816. The molecule has 1 saturated carbocycles. The molecule has 1 aromatic rings. The van der Waals surface area contributed by atoms with Crippen molar-refractivity contribution in [3.8, 4) is 5.75 Å². The lowest BCUT2D eigenvalue weighted by Gasteiger charge is -2.32. The van der Waals surface area contributed by atoms with E-state index < -0.39 is 0 Å². The molecule has 1 heterocycles. The molecule has 1 aromatic carbocycles. The van der Waals surface area contributed by atoms with E-state index in [0.717, 1.165) is 38.4 Å². The summed E-state index contributed by atoms with van der Waals surface area (Å²) in [5.74, 6) is 0.818. The number of nitrogens with one attached hydrogen (secondary N) is 1. The number of carbonyl (C=O) groups is 1. The molecule has 0 radical (unpaired) electrons. The molecule has 3 rings (SSSR count). The van der Waals surface area contributed by atoms with E-state index in [1.54, 1.807) is 18.2 Å².